The van der Waals surface area contributed by atoms with Gasteiger partial charge in [-0.2, -0.15) is 0 Å². The van der Waals surface area contributed by atoms with E-state index in [0.717, 1.165) is 5.56 Å². The molecule has 78 valence electrons. The molecule has 1 heterocycles. The highest BCUT2D eigenvalue weighted by Gasteiger charge is 2.16. The van der Waals surface area contributed by atoms with Crippen LogP contribution in [0, 0.1) is 0 Å². The average Bonchev–Trinajstić information content (AvgIpc) is 2.27. The van der Waals surface area contributed by atoms with Crippen LogP contribution in [0.25, 0.3) is 6.08 Å². The van der Waals surface area contributed by atoms with Crippen molar-refractivity contribution in [2.24, 2.45) is 5.84 Å². The number of benzene rings is 1. The molecule has 1 aliphatic heterocycles. The molecule has 0 bridgehead atoms. The summed E-state index contributed by atoms with van der Waals surface area (Å²) in [5, 5.41) is 0.600. The summed E-state index contributed by atoms with van der Waals surface area (Å²) in [6.45, 7) is 0.220. The van der Waals surface area contributed by atoms with Crippen molar-refractivity contribution >= 4 is 23.6 Å². The van der Waals surface area contributed by atoms with Crippen LogP contribution in [-0.4, -0.2) is 12.5 Å². The number of carbonyl (C=O) groups excluding carboxylic acids is 1. The Balaban J connectivity index is 2.39. The molecule has 0 aliphatic carbocycles. The number of nitrogens with two attached hydrogens (primary N) is 1. The minimum atomic E-state index is -0.347. The first-order chi connectivity index (χ1) is 7.20. The van der Waals surface area contributed by atoms with Crippen molar-refractivity contribution in [1.82, 2.24) is 5.43 Å². The second-order valence-corrected chi connectivity index (χ2v) is 3.55. The van der Waals surface area contributed by atoms with Gasteiger partial charge in [-0.05, 0) is 24.3 Å². The van der Waals surface area contributed by atoms with Crippen molar-refractivity contribution in [3.63, 3.8) is 0 Å². The first-order valence-corrected chi connectivity index (χ1v) is 4.72. The molecule has 0 saturated carbocycles. The molecule has 4 nitrogen and oxygen atoms in total. The molecule has 5 heteroatoms. The Hall–Kier alpha value is -1.52. The highest BCUT2D eigenvalue weighted by Crippen LogP contribution is 2.28. The maximum atomic E-state index is 11.2. The van der Waals surface area contributed by atoms with Gasteiger partial charge in [0.05, 0.1) is 5.57 Å². The fourth-order valence-corrected chi connectivity index (χ4v) is 1.55. The highest BCUT2D eigenvalue weighted by molar-refractivity contribution is 6.30. The van der Waals surface area contributed by atoms with Gasteiger partial charge in [-0.25, -0.2) is 5.84 Å². The van der Waals surface area contributed by atoms with Crippen molar-refractivity contribution < 1.29 is 9.53 Å². The lowest BCUT2D eigenvalue weighted by atomic mass is 10.1. The SMILES string of the molecule is NNC(=O)C1=Cc2cc(Cl)ccc2OC1. The molecule has 0 aromatic heterocycles. The van der Waals surface area contributed by atoms with E-state index in [1.807, 2.05) is 0 Å². The first kappa shape index (κ1) is 10.0. The summed E-state index contributed by atoms with van der Waals surface area (Å²) in [4.78, 5) is 11.2. The quantitative estimate of drug-likeness (QED) is 0.427. The van der Waals surface area contributed by atoms with Crippen molar-refractivity contribution in [2.75, 3.05) is 6.61 Å². The summed E-state index contributed by atoms with van der Waals surface area (Å²) in [6, 6.07) is 5.24. The lowest BCUT2D eigenvalue weighted by molar-refractivity contribution is -0.117. The Morgan fingerprint density at radius 1 is 1.53 bits per heavy atom. The Bertz CT molecular complexity index is 443. The number of hydrogen-bond donors (Lipinski definition) is 2. The number of hydrazine groups is 1. The summed E-state index contributed by atoms with van der Waals surface area (Å²) < 4.78 is 5.37. The number of halogens is 1. The third kappa shape index (κ3) is 1.95. The third-order valence-corrected chi connectivity index (χ3v) is 2.34. The van der Waals surface area contributed by atoms with Crippen LogP contribution in [0.3, 0.4) is 0 Å². The topological polar surface area (TPSA) is 64.3 Å². The number of amides is 1. The van der Waals surface area contributed by atoms with Crippen LogP contribution in [0.15, 0.2) is 23.8 Å². The lowest BCUT2D eigenvalue weighted by Gasteiger charge is -2.16. The lowest BCUT2D eigenvalue weighted by Crippen LogP contribution is -2.33. The summed E-state index contributed by atoms with van der Waals surface area (Å²) in [6.07, 6.45) is 1.72. The third-order valence-electron chi connectivity index (χ3n) is 2.11. The molecule has 0 radical (unpaired) electrons. The van der Waals surface area contributed by atoms with Gasteiger partial charge in [-0.3, -0.25) is 10.2 Å². The van der Waals surface area contributed by atoms with Crippen LogP contribution in [0.4, 0.5) is 0 Å². The van der Waals surface area contributed by atoms with E-state index in [9.17, 15) is 4.79 Å². The number of carbonyl (C=O) groups is 1. The predicted octanol–water partition coefficient (Wildman–Crippen LogP) is 1.11. The second kappa shape index (κ2) is 3.92. The van der Waals surface area contributed by atoms with E-state index >= 15 is 0 Å². The number of fused-ring (bicyclic) bond motifs is 1. The molecule has 0 fully saturated rings. The molecule has 1 aromatic rings. The monoisotopic (exact) mass is 224 g/mol. The first-order valence-electron chi connectivity index (χ1n) is 4.34. The number of hydrogen-bond acceptors (Lipinski definition) is 3. The van der Waals surface area contributed by atoms with E-state index in [0.29, 0.717) is 16.3 Å². The van der Waals surface area contributed by atoms with E-state index < -0.39 is 0 Å². The van der Waals surface area contributed by atoms with Crippen LogP contribution in [-0.2, 0) is 4.79 Å². The van der Waals surface area contributed by atoms with Crippen LogP contribution < -0.4 is 16.0 Å². The fourth-order valence-electron chi connectivity index (χ4n) is 1.37. The largest absolute Gasteiger partial charge is 0.488 e. The van der Waals surface area contributed by atoms with Gasteiger partial charge >= 0.3 is 0 Å². The zero-order chi connectivity index (χ0) is 10.8. The summed E-state index contributed by atoms with van der Waals surface area (Å²) in [5.74, 6) is 5.40. The molecule has 1 aliphatic rings. The molecule has 0 saturated heterocycles. The summed E-state index contributed by atoms with van der Waals surface area (Å²) in [5.41, 5.74) is 3.32. The van der Waals surface area contributed by atoms with E-state index in [1.165, 1.54) is 0 Å². The van der Waals surface area contributed by atoms with E-state index in [-0.39, 0.29) is 12.5 Å². The smallest absolute Gasteiger partial charge is 0.264 e. The van der Waals surface area contributed by atoms with E-state index in [2.05, 4.69) is 5.43 Å². The van der Waals surface area contributed by atoms with Crippen molar-refractivity contribution in [1.29, 1.82) is 0 Å². The van der Waals surface area contributed by atoms with Crippen LogP contribution in [0.5, 0.6) is 5.75 Å². The zero-order valence-electron chi connectivity index (χ0n) is 7.79. The molecule has 1 amide bonds. The summed E-state index contributed by atoms with van der Waals surface area (Å²) >= 11 is 5.83. The van der Waals surface area contributed by atoms with Crippen molar-refractivity contribution in [3.8, 4) is 5.75 Å². The average molecular weight is 225 g/mol. The van der Waals surface area contributed by atoms with Gasteiger partial charge in [0.2, 0.25) is 0 Å². The minimum absolute atomic E-state index is 0.220. The van der Waals surface area contributed by atoms with Gasteiger partial charge in [0.15, 0.2) is 0 Å². The maximum absolute atomic E-state index is 11.2. The number of nitrogens with one attached hydrogen (secondary N) is 1. The van der Waals surface area contributed by atoms with Gasteiger partial charge in [0, 0.05) is 10.6 Å². The van der Waals surface area contributed by atoms with Gasteiger partial charge in [-0.15, -0.1) is 0 Å². The minimum Gasteiger partial charge on any atom is -0.488 e. The molecule has 3 N–H and O–H groups in total. The molecule has 0 atom stereocenters. The molecule has 15 heavy (non-hydrogen) atoms. The normalized spacial score (nSPS) is 13.6. The van der Waals surface area contributed by atoms with Crippen LogP contribution in [0.2, 0.25) is 5.02 Å². The van der Waals surface area contributed by atoms with Gasteiger partial charge in [-0.1, -0.05) is 11.6 Å². The predicted molar refractivity (Wildman–Crippen MR) is 57.3 cm³/mol. The van der Waals surface area contributed by atoms with E-state index in [4.69, 9.17) is 22.2 Å². The van der Waals surface area contributed by atoms with Crippen LogP contribution >= 0.6 is 11.6 Å². The molecular formula is C10H9ClN2O2. The Morgan fingerprint density at radius 3 is 3.07 bits per heavy atom. The number of ether oxygens (including phenoxy) is 1. The molecule has 0 unspecified atom stereocenters. The molecular weight excluding hydrogens is 216 g/mol. The second-order valence-electron chi connectivity index (χ2n) is 3.11. The maximum Gasteiger partial charge on any atom is 0.264 e. The summed E-state index contributed by atoms with van der Waals surface area (Å²) in [7, 11) is 0. The standard InChI is InChI=1S/C10H9ClN2O2/c11-8-1-2-9-6(4-8)3-7(5-15-9)10(14)13-12/h1-4H,5,12H2,(H,13,14). The van der Waals surface area contributed by atoms with Gasteiger partial charge in [0.25, 0.3) is 5.91 Å². The van der Waals surface area contributed by atoms with Gasteiger partial charge < -0.3 is 4.74 Å². The van der Waals surface area contributed by atoms with Crippen LogP contribution in [0.1, 0.15) is 5.56 Å². The molecule has 1 aromatic carbocycles. The Morgan fingerprint density at radius 2 is 2.33 bits per heavy atom. The fraction of sp³-hybridized carbons (Fsp3) is 0.100. The van der Waals surface area contributed by atoms with Crippen molar-refractivity contribution in [3.05, 3.63) is 34.4 Å². The Labute approximate surface area is 91.6 Å². The van der Waals surface area contributed by atoms with Gasteiger partial charge in [0.1, 0.15) is 12.4 Å². The molecule has 2 rings (SSSR count). The molecule has 0 spiro atoms. The highest BCUT2D eigenvalue weighted by atomic mass is 35.5. The van der Waals surface area contributed by atoms with E-state index in [1.54, 1.807) is 24.3 Å². The van der Waals surface area contributed by atoms with Crippen molar-refractivity contribution in [2.45, 2.75) is 0 Å². The zero-order valence-corrected chi connectivity index (χ0v) is 8.54. The Kier molecular flexibility index (Phi) is 2.62. The number of rotatable bonds is 1.